The molecular formula is C20H25F3N6O2. The number of nitrogens with one attached hydrogen (secondary N) is 2. The maximum absolute atomic E-state index is 13.3. The molecule has 1 aromatic heterocycles. The number of rotatable bonds is 8. The van der Waals surface area contributed by atoms with Crippen molar-refractivity contribution in [2.75, 3.05) is 31.8 Å². The Labute approximate surface area is 178 Å². The molecule has 31 heavy (non-hydrogen) atoms. The summed E-state index contributed by atoms with van der Waals surface area (Å²) in [4.78, 5) is 21.2. The van der Waals surface area contributed by atoms with Crippen molar-refractivity contribution in [1.29, 1.82) is 0 Å². The molecular weight excluding hydrogens is 413 g/mol. The Hall–Kier alpha value is -3.08. The van der Waals surface area contributed by atoms with Crippen LogP contribution in [0.3, 0.4) is 0 Å². The fourth-order valence-electron chi connectivity index (χ4n) is 2.94. The number of carbonyl (C=O) groups excluding carboxylic acids is 1. The van der Waals surface area contributed by atoms with Crippen LogP contribution in [0.25, 0.3) is 0 Å². The van der Waals surface area contributed by atoms with E-state index in [9.17, 15) is 18.0 Å². The highest BCUT2D eigenvalue weighted by Gasteiger charge is 2.37. The molecule has 1 heterocycles. The molecule has 0 saturated heterocycles. The first-order valence-corrected chi connectivity index (χ1v) is 9.70. The molecule has 0 unspecified atom stereocenters. The lowest BCUT2D eigenvalue weighted by molar-refractivity contribution is -0.137. The van der Waals surface area contributed by atoms with E-state index >= 15 is 0 Å². The lowest BCUT2D eigenvalue weighted by atomic mass is 10.0. The Morgan fingerprint density at radius 1 is 1.35 bits per heavy atom. The van der Waals surface area contributed by atoms with Crippen molar-refractivity contribution < 1.29 is 22.7 Å². The van der Waals surface area contributed by atoms with Crippen LogP contribution in [0, 0.1) is 0 Å². The van der Waals surface area contributed by atoms with Crippen LogP contribution in [-0.4, -0.2) is 54.1 Å². The number of alkyl halides is 3. The first-order chi connectivity index (χ1) is 14.6. The highest BCUT2D eigenvalue weighted by Crippen LogP contribution is 2.37. The molecule has 1 saturated carbocycles. The SMILES string of the molecule is COc1cc(C[C@H](N)C(=O)N(C)C)ccc1Nc1ncc(C(F)(F)F)c(NC2CC2)n1. The highest BCUT2D eigenvalue weighted by atomic mass is 19.4. The number of amides is 1. The van der Waals surface area contributed by atoms with Gasteiger partial charge in [-0.25, -0.2) is 4.98 Å². The Morgan fingerprint density at radius 2 is 2.06 bits per heavy atom. The molecule has 2 aromatic rings. The van der Waals surface area contributed by atoms with Gasteiger partial charge < -0.3 is 26.0 Å². The van der Waals surface area contributed by atoms with Crippen LogP contribution >= 0.6 is 0 Å². The quantitative estimate of drug-likeness (QED) is 0.582. The van der Waals surface area contributed by atoms with Crippen LogP contribution in [0.4, 0.5) is 30.6 Å². The average molecular weight is 438 g/mol. The van der Waals surface area contributed by atoms with E-state index in [-0.39, 0.29) is 23.7 Å². The molecule has 1 aliphatic rings. The van der Waals surface area contributed by atoms with Gasteiger partial charge in [-0.1, -0.05) is 6.07 Å². The second-order valence-electron chi connectivity index (χ2n) is 7.58. The standard InChI is InChI=1S/C20H25F3N6O2/c1-29(2)18(30)14(24)8-11-4-7-15(16(9-11)31-3)27-19-25-10-13(20(21,22)23)17(28-19)26-12-5-6-12/h4,7,9-10,12,14H,5-6,8,24H2,1-3H3,(H2,25,26,27,28)/t14-/m0/s1. The van der Waals surface area contributed by atoms with Gasteiger partial charge in [0.2, 0.25) is 11.9 Å². The fourth-order valence-corrected chi connectivity index (χ4v) is 2.94. The van der Waals surface area contributed by atoms with Crippen molar-refractivity contribution in [3.8, 4) is 5.75 Å². The van der Waals surface area contributed by atoms with Gasteiger partial charge in [-0.2, -0.15) is 18.2 Å². The van der Waals surface area contributed by atoms with Crippen molar-refractivity contribution in [3.63, 3.8) is 0 Å². The van der Waals surface area contributed by atoms with Crippen molar-refractivity contribution in [3.05, 3.63) is 35.5 Å². The first kappa shape index (κ1) is 22.6. The number of ether oxygens (including phenoxy) is 1. The van der Waals surface area contributed by atoms with Gasteiger partial charge in [0, 0.05) is 26.3 Å². The molecule has 8 nitrogen and oxygen atoms in total. The van der Waals surface area contributed by atoms with Crippen molar-refractivity contribution in [2.24, 2.45) is 5.73 Å². The molecule has 1 aromatic carbocycles. The van der Waals surface area contributed by atoms with Gasteiger partial charge in [0.1, 0.15) is 17.1 Å². The normalized spacial score (nSPS) is 14.7. The molecule has 0 bridgehead atoms. The maximum Gasteiger partial charge on any atom is 0.421 e. The minimum Gasteiger partial charge on any atom is -0.495 e. The monoisotopic (exact) mass is 438 g/mol. The Bertz CT molecular complexity index is 947. The highest BCUT2D eigenvalue weighted by molar-refractivity contribution is 5.81. The molecule has 168 valence electrons. The van der Waals surface area contributed by atoms with Gasteiger partial charge >= 0.3 is 6.18 Å². The summed E-state index contributed by atoms with van der Waals surface area (Å²) >= 11 is 0. The number of hydrogen-bond acceptors (Lipinski definition) is 7. The Balaban J connectivity index is 1.81. The number of aromatic nitrogens is 2. The summed E-state index contributed by atoms with van der Waals surface area (Å²) in [6.45, 7) is 0. The number of methoxy groups -OCH3 is 1. The van der Waals surface area contributed by atoms with Gasteiger partial charge in [0.15, 0.2) is 0 Å². The minimum absolute atomic E-state index is 0.00156. The van der Waals surface area contributed by atoms with Crippen molar-refractivity contribution in [2.45, 2.75) is 37.5 Å². The average Bonchev–Trinajstić information content (AvgIpc) is 3.51. The van der Waals surface area contributed by atoms with Crippen LogP contribution in [0.15, 0.2) is 24.4 Å². The summed E-state index contributed by atoms with van der Waals surface area (Å²) in [5, 5.41) is 5.70. The molecule has 0 aliphatic heterocycles. The summed E-state index contributed by atoms with van der Waals surface area (Å²) < 4.78 is 45.1. The van der Waals surface area contributed by atoms with E-state index in [0.29, 0.717) is 17.9 Å². The van der Waals surface area contributed by atoms with Gasteiger partial charge in [0.05, 0.1) is 18.8 Å². The molecule has 1 fully saturated rings. The molecule has 3 rings (SSSR count). The third-order valence-electron chi connectivity index (χ3n) is 4.74. The molecule has 1 amide bonds. The maximum atomic E-state index is 13.3. The fraction of sp³-hybridized carbons (Fsp3) is 0.450. The number of likely N-dealkylation sites (N-methyl/N-ethyl adjacent to an activating group) is 1. The van der Waals surface area contributed by atoms with E-state index < -0.39 is 17.8 Å². The van der Waals surface area contributed by atoms with E-state index in [4.69, 9.17) is 10.5 Å². The molecule has 11 heteroatoms. The zero-order chi connectivity index (χ0) is 22.8. The minimum atomic E-state index is -4.56. The van der Waals surface area contributed by atoms with Crippen LogP contribution in [0.1, 0.15) is 24.0 Å². The summed E-state index contributed by atoms with van der Waals surface area (Å²) in [5.74, 6) is -0.0323. The zero-order valence-electron chi connectivity index (χ0n) is 17.5. The van der Waals surface area contributed by atoms with Crippen LogP contribution in [-0.2, 0) is 17.4 Å². The second kappa shape index (κ2) is 8.96. The number of carbonyl (C=O) groups is 1. The third kappa shape index (κ3) is 5.75. The third-order valence-corrected chi connectivity index (χ3v) is 4.74. The van der Waals surface area contributed by atoms with Gasteiger partial charge in [-0.3, -0.25) is 4.79 Å². The van der Waals surface area contributed by atoms with Gasteiger partial charge in [-0.05, 0) is 37.0 Å². The number of nitrogens with two attached hydrogens (primary N) is 1. The van der Waals surface area contributed by atoms with Crippen LogP contribution in [0.2, 0.25) is 0 Å². The van der Waals surface area contributed by atoms with Gasteiger partial charge in [0.25, 0.3) is 0 Å². The number of benzene rings is 1. The van der Waals surface area contributed by atoms with E-state index in [2.05, 4.69) is 20.6 Å². The van der Waals surface area contributed by atoms with E-state index in [0.717, 1.165) is 24.6 Å². The Kier molecular flexibility index (Phi) is 6.54. The molecule has 1 aliphatic carbocycles. The smallest absolute Gasteiger partial charge is 0.421 e. The number of halogens is 3. The number of anilines is 3. The largest absolute Gasteiger partial charge is 0.495 e. The molecule has 0 radical (unpaired) electrons. The van der Waals surface area contributed by atoms with Crippen molar-refractivity contribution in [1.82, 2.24) is 14.9 Å². The summed E-state index contributed by atoms with van der Waals surface area (Å²) in [6, 6.07) is 4.43. The zero-order valence-corrected chi connectivity index (χ0v) is 17.5. The van der Waals surface area contributed by atoms with E-state index in [1.165, 1.54) is 12.0 Å². The topological polar surface area (TPSA) is 105 Å². The lowest BCUT2D eigenvalue weighted by Crippen LogP contribution is -2.41. The predicted molar refractivity (Wildman–Crippen MR) is 110 cm³/mol. The van der Waals surface area contributed by atoms with Crippen LogP contribution < -0.4 is 21.1 Å². The second-order valence-corrected chi connectivity index (χ2v) is 7.58. The first-order valence-electron chi connectivity index (χ1n) is 9.70. The molecule has 4 N–H and O–H groups in total. The summed E-state index contributed by atoms with van der Waals surface area (Å²) in [5.41, 5.74) is 6.28. The molecule has 1 atom stereocenters. The lowest BCUT2D eigenvalue weighted by Gasteiger charge is -2.18. The predicted octanol–water partition coefficient (Wildman–Crippen LogP) is 2.78. The summed E-state index contributed by atoms with van der Waals surface area (Å²) in [7, 11) is 4.72. The van der Waals surface area contributed by atoms with Crippen LogP contribution in [0.5, 0.6) is 5.75 Å². The van der Waals surface area contributed by atoms with Crippen molar-refractivity contribution >= 4 is 23.4 Å². The van der Waals surface area contributed by atoms with E-state index in [1.807, 2.05) is 0 Å². The summed E-state index contributed by atoms with van der Waals surface area (Å²) in [6.07, 6.45) is -1.89. The van der Waals surface area contributed by atoms with E-state index in [1.54, 1.807) is 32.3 Å². The molecule has 0 spiro atoms. The Morgan fingerprint density at radius 3 is 2.65 bits per heavy atom. The number of hydrogen-bond donors (Lipinski definition) is 3. The van der Waals surface area contributed by atoms with Gasteiger partial charge in [-0.15, -0.1) is 0 Å². The number of nitrogens with zero attached hydrogens (tertiary/aromatic N) is 3.